The summed E-state index contributed by atoms with van der Waals surface area (Å²) in [5.41, 5.74) is 3.16. The van der Waals surface area contributed by atoms with Crippen molar-refractivity contribution in [2.75, 3.05) is 31.1 Å². The minimum absolute atomic E-state index is 0.266. The van der Waals surface area contributed by atoms with Crippen LogP contribution in [0.1, 0.15) is 16.9 Å². The highest BCUT2D eigenvalue weighted by Gasteiger charge is 2.48. The molecule has 1 saturated heterocycles. The van der Waals surface area contributed by atoms with E-state index in [9.17, 15) is 14.3 Å². The third-order valence-corrected chi connectivity index (χ3v) is 7.14. The molecule has 7 nitrogen and oxygen atoms in total. The molecule has 3 aromatic rings. The maximum Gasteiger partial charge on any atom is 0.271 e. The zero-order chi connectivity index (χ0) is 23.5. The predicted molar refractivity (Wildman–Crippen MR) is 129 cm³/mol. The van der Waals surface area contributed by atoms with Crippen molar-refractivity contribution in [1.82, 2.24) is 15.2 Å². The van der Waals surface area contributed by atoms with Crippen LogP contribution < -0.4 is 15.0 Å². The van der Waals surface area contributed by atoms with Crippen molar-refractivity contribution in [3.8, 4) is 5.75 Å². The Hall–Kier alpha value is -3.01. The molecule has 2 aromatic carbocycles. The second-order valence-electron chi connectivity index (χ2n) is 8.64. The molecule has 2 heterocycles. The van der Waals surface area contributed by atoms with Crippen molar-refractivity contribution < 1.29 is 19.0 Å². The number of anilines is 1. The van der Waals surface area contributed by atoms with Gasteiger partial charge in [-0.2, -0.15) is 0 Å². The van der Waals surface area contributed by atoms with Crippen molar-refractivity contribution in [2.24, 2.45) is 0 Å². The number of piperazine rings is 1. The van der Waals surface area contributed by atoms with Gasteiger partial charge in [0.2, 0.25) is 0 Å². The summed E-state index contributed by atoms with van der Waals surface area (Å²) in [6.45, 7) is 3.11. The van der Waals surface area contributed by atoms with Crippen LogP contribution in [0.2, 0.25) is 0 Å². The van der Waals surface area contributed by atoms with Crippen LogP contribution in [0.25, 0.3) is 0 Å². The van der Waals surface area contributed by atoms with Gasteiger partial charge in [-0.25, -0.2) is 9.37 Å². The molecule has 4 atom stereocenters. The van der Waals surface area contributed by atoms with Crippen LogP contribution in [0.3, 0.4) is 0 Å². The number of ether oxygens (including phenoxy) is 1. The molecule has 34 heavy (non-hydrogen) atoms. The summed E-state index contributed by atoms with van der Waals surface area (Å²) in [5.74, 6) is -0.298. The van der Waals surface area contributed by atoms with Gasteiger partial charge in [-0.15, -0.1) is 11.3 Å². The molecule has 1 aliphatic heterocycles. The summed E-state index contributed by atoms with van der Waals surface area (Å²) in [4.78, 5) is 21.4. The Kier molecular flexibility index (Phi) is 6.75. The first-order chi connectivity index (χ1) is 16.6. The number of aliphatic hydroxyl groups excluding tert-OH is 1. The van der Waals surface area contributed by atoms with E-state index in [0.717, 1.165) is 26.2 Å². The molecule has 178 valence electrons. The number of aliphatic hydroxyl groups is 1. The first-order valence-corrected chi connectivity index (χ1v) is 12.4. The summed E-state index contributed by atoms with van der Waals surface area (Å²) < 4.78 is 19.7. The number of thiazole rings is 1. The Bertz CT molecular complexity index is 1090. The summed E-state index contributed by atoms with van der Waals surface area (Å²) >= 11 is 1.36. The van der Waals surface area contributed by atoms with Crippen LogP contribution in [0, 0.1) is 5.82 Å². The van der Waals surface area contributed by atoms with Crippen molar-refractivity contribution in [2.45, 2.75) is 30.7 Å². The molecule has 1 saturated carbocycles. The number of para-hydroxylation sites is 1. The van der Waals surface area contributed by atoms with Gasteiger partial charge in [-0.1, -0.05) is 24.3 Å². The van der Waals surface area contributed by atoms with Gasteiger partial charge in [0.1, 0.15) is 29.5 Å². The van der Waals surface area contributed by atoms with E-state index in [2.05, 4.69) is 32.2 Å². The molecule has 0 spiro atoms. The van der Waals surface area contributed by atoms with E-state index >= 15 is 0 Å². The first kappa shape index (κ1) is 22.8. The van der Waals surface area contributed by atoms with E-state index in [1.54, 1.807) is 23.0 Å². The molecule has 5 rings (SSSR count). The Labute approximate surface area is 201 Å². The average molecular weight is 483 g/mol. The minimum Gasteiger partial charge on any atom is -0.487 e. The van der Waals surface area contributed by atoms with Gasteiger partial charge in [0, 0.05) is 49.7 Å². The molecule has 0 unspecified atom stereocenters. The first-order valence-electron chi connectivity index (χ1n) is 11.4. The molecular formula is C25H27FN4O3S. The van der Waals surface area contributed by atoms with Crippen molar-refractivity contribution in [3.63, 3.8) is 0 Å². The smallest absolute Gasteiger partial charge is 0.271 e. The van der Waals surface area contributed by atoms with Crippen LogP contribution in [-0.2, 0) is 0 Å². The zero-order valence-corrected chi connectivity index (χ0v) is 19.4. The highest BCUT2D eigenvalue weighted by Crippen LogP contribution is 2.31. The van der Waals surface area contributed by atoms with E-state index in [-0.39, 0.29) is 18.0 Å². The van der Waals surface area contributed by atoms with Gasteiger partial charge < -0.3 is 20.1 Å². The van der Waals surface area contributed by atoms with E-state index < -0.39 is 18.0 Å². The number of nitrogens with zero attached hydrogens (tertiary/aromatic N) is 3. The molecule has 2 aliphatic rings. The number of rotatable bonds is 6. The van der Waals surface area contributed by atoms with Gasteiger partial charge in [-0.05, 0) is 24.3 Å². The molecule has 2 fully saturated rings. The number of hydrogen-bond acceptors (Lipinski definition) is 7. The van der Waals surface area contributed by atoms with E-state index in [4.69, 9.17) is 4.74 Å². The third kappa shape index (κ3) is 4.91. The van der Waals surface area contributed by atoms with E-state index in [1.807, 2.05) is 18.2 Å². The molecule has 9 heteroatoms. The van der Waals surface area contributed by atoms with Crippen molar-refractivity contribution >= 4 is 22.9 Å². The topological polar surface area (TPSA) is 77.9 Å². The molecule has 0 radical (unpaired) electrons. The van der Waals surface area contributed by atoms with Gasteiger partial charge in [0.05, 0.1) is 17.6 Å². The number of carbonyl (C=O) groups excluding carboxylic acids is 1. The minimum atomic E-state index is -0.840. The van der Waals surface area contributed by atoms with Crippen molar-refractivity contribution in [3.05, 3.63) is 77.0 Å². The fourth-order valence-electron chi connectivity index (χ4n) is 4.92. The van der Waals surface area contributed by atoms with E-state index in [0.29, 0.717) is 17.9 Å². The zero-order valence-electron chi connectivity index (χ0n) is 18.6. The number of hydrogen-bond donors (Lipinski definition) is 2. The SMILES string of the molecule is O=C(N[C@@H]1C[C@@H](Oc2cccc(F)c2)[C@H](O)[C@H]1N1CCN(c2ccccc2)CC1)c1cscn1. The number of halogens is 1. The maximum absolute atomic E-state index is 13.7. The molecule has 1 amide bonds. The second-order valence-corrected chi connectivity index (χ2v) is 9.36. The highest BCUT2D eigenvalue weighted by molar-refractivity contribution is 7.07. The molecule has 1 aromatic heterocycles. The van der Waals surface area contributed by atoms with Gasteiger partial charge in [0.25, 0.3) is 5.91 Å². The maximum atomic E-state index is 13.7. The fourth-order valence-corrected chi connectivity index (χ4v) is 5.45. The van der Waals surface area contributed by atoms with Crippen LogP contribution in [0.15, 0.2) is 65.5 Å². The van der Waals surface area contributed by atoms with Crippen molar-refractivity contribution in [1.29, 1.82) is 0 Å². The lowest BCUT2D eigenvalue weighted by Gasteiger charge is -2.42. The largest absolute Gasteiger partial charge is 0.487 e. The normalized spacial score (nSPS) is 25.3. The van der Waals surface area contributed by atoms with Gasteiger partial charge in [-0.3, -0.25) is 9.69 Å². The van der Waals surface area contributed by atoms with Gasteiger partial charge in [0.15, 0.2) is 0 Å². The van der Waals surface area contributed by atoms with E-state index in [1.165, 1.54) is 29.2 Å². The third-order valence-electron chi connectivity index (χ3n) is 6.55. The Morgan fingerprint density at radius 3 is 2.62 bits per heavy atom. The number of aromatic nitrogens is 1. The van der Waals surface area contributed by atoms with Gasteiger partial charge >= 0.3 is 0 Å². The molecular weight excluding hydrogens is 455 g/mol. The van der Waals surface area contributed by atoms with Crippen LogP contribution >= 0.6 is 11.3 Å². The summed E-state index contributed by atoms with van der Waals surface area (Å²) in [6, 6.07) is 15.5. The molecule has 1 aliphatic carbocycles. The number of nitrogens with one attached hydrogen (secondary N) is 1. The fraction of sp³-hybridized carbons (Fsp3) is 0.360. The Morgan fingerprint density at radius 2 is 1.91 bits per heavy atom. The lowest BCUT2D eigenvalue weighted by Crippen LogP contribution is -2.59. The number of benzene rings is 2. The highest BCUT2D eigenvalue weighted by atomic mass is 32.1. The predicted octanol–water partition coefficient (Wildman–Crippen LogP) is 2.78. The standard InChI is InChI=1S/C25H27FN4O3S/c26-17-5-4-8-19(13-17)33-22-14-20(28-25(32)21-15-34-16-27-21)23(24(22)31)30-11-9-29(10-12-30)18-6-2-1-3-7-18/h1-8,13,15-16,20,22-24,31H,9-12,14H2,(H,28,32)/t20-,22-,23+,24+/m1/s1. The number of carbonyl (C=O) groups is 1. The summed E-state index contributed by atoms with van der Waals surface area (Å²) in [6.07, 6.45) is -0.996. The lowest BCUT2D eigenvalue weighted by molar-refractivity contribution is 0.00528. The van der Waals surface area contributed by atoms with Crippen LogP contribution in [0.5, 0.6) is 5.75 Å². The molecule has 0 bridgehead atoms. The Morgan fingerprint density at radius 1 is 1.12 bits per heavy atom. The van der Waals surface area contributed by atoms with Crippen LogP contribution in [-0.4, -0.2) is 71.4 Å². The molecule has 2 N–H and O–H groups in total. The summed E-state index contributed by atoms with van der Waals surface area (Å²) in [5, 5.41) is 16.1. The van der Waals surface area contributed by atoms with Crippen LogP contribution in [0.4, 0.5) is 10.1 Å². The Balaban J connectivity index is 1.32. The second kappa shape index (κ2) is 10.1. The monoisotopic (exact) mass is 482 g/mol. The number of amides is 1. The quantitative estimate of drug-likeness (QED) is 0.563. The average Bonchev–Trinajstić information content (AvgIpc) is 3.49. The lowest BCUT2D eigenvalue weighted by atomic mass is 10.1. The summed E-state index contributed by atoms with van der Waals surface area (Å²) in [7, 11) is 0.